The summed E-state index contributed by atoms with van der Waals surface area (Å²) in [6.45, 7) is 7.66. The van der Waals surface area contributed by atoms with E-state index >= 15 is 0 Å². The van der Waals surface area contributed by atoms with Gasteiger partial charge in [0.1, 0.15) is 11.9 Å². The number of aryl methyl sites for hydroxylation is 1. The number of nitrogens with one attached hydrogen (secondary N) is 2. The van der Waals surface area contributed by atoms with Crippen LogP contribution in [0.4, 0.5) is 0 Å². The Labute approximate surface area is 178 Å². The fraction of sp³-hybridized carbons (Fsp3) is 0.400. The van der Waals surface area contributed by atoms with Gasteiger partial charge in [-0.05, 0) is 56.2 Å². The van der Waals surface area contributed by atoms with E-state index in [4.69, 9.17) is 4.74 Å². The SMILES string of the molecule is CCNC(=NCC(O)c1ccncc1)NCC(C)Oc1cccc(C)c1.I. The van der Waals surface area contributed by atoms with Crippen molar-refractivity contribution in [3.05, 3.63) is 59.9 Å². The van der Waals surface area contributed by atoms with Gasteiger partial charge in [-0.1, -0.05) is 12.1 Å². The third kappa shape index (κ3) is 8.57. The van der Waals surface area contributed by atoms with E-state index in [0.717, 1.165) is 17.9 Å². The van der Waals surface area contributed by atoms with E-state index in [1.165, 1.54) is 5.56 Å². The Morgan fingerprint density at radius 2 is 1.96 bits per heavy atom. The summed E-state index contributed by atoms with van der Waals surface area (Å²) in [6.07, 6.45) is 2.65. The zero-order chi connectivity index (χ0) is 18.8. The van der Waals surface area contributed by atoms with Gasteiger partial charge in [0, 0.05) is 18.9 Å². The molecule has 1 aromatic heterocycles. The minimum atomic E-state index is -0.658. The molecule has 2 unspecified atom stereocenters. The summed E-state index contributed by atoms with van der Waals surface area (Å²) in [5, 5.41) is 16.7. The third-order valence-corrected chi connectivity index (χ3v) is 3.74. The van der Waals surface area contributed by atoms with E-state index in [-0.39, 0.29) is 36.6 Å². The molecule has 0 saturated heterocycles. The fourth-order valence-electron chi connectivity index (χ4n) is 2.41. The van der Waals surface area contributed by atoms with Gasteiger partial charge in [-0.3, -0.25) is 9.98 Å². The lowest BCUT2D eigenvalue weighted by Crippen LogP contribution is -2.42. The lowest BCUT2D eigenvalue weighted by Gasteiger charge is -2.18. The molecule has 148 valence electrons. The van der Waals surface area contributed by atoms with Crippen molar-refractivity contribution in [1.29, 1.82) is 0 Å². The summed E-state index contributed by atoms with van der Waals surface area (Å²) in [5.74, 6) is 1.51. The van der Waals surface area contributed by atoms with Crippen molar-refractivity contribution < 1.29 is 9.84 Å². The molecule has 0 bridgehead atoms. The Morgan fingerprint density at radius 3 is 2.63 bits per heavy atom. The van der Waals surface area contributed by atoms with Gasteiger partial charge < -0.3 is 20.5 Å². The highest BCUT2D eigenvalue weighted by atomic mass is 127. The standard InChI is InChI=1S/C20H28N4O2.HI/c1-4-22-20(24-14-19(25)17-8-10-21-11-9-17)23-13-16(3)26-18-7-5-6-15(2)12-18;/h5-12,16,19,25H,4,13-14H2,1-3H3,(H2,22,23,24);1H. The van der Waals surface area contributed by atoms with Crippen LogP contribution in [0.5, 0.6) is 5.75 Å². The zero-order valence-electron chi connectivity index (χ0n) is 16.1. The zero-order valence-corrected chi connectivity index (χ0v) is 18.4. The van der Waals surface area contributed by atoms with E-state index in [0.29, 0.717) is 12.5 Å². The molecule has 0 amide bonds. The summed E-state index contributed by atoms with van der Waals surface area (Å²) in [7, 11) is 0. The molecule has 0 aliphatic rings. The number of aliphatic imine (C=N–C) groups is 1. The monoisotopic (exact) mass is 484 g/mol. The first kappa shape index (κ1) is 23.2. The number of hydrogen-bond acceptors (Lipinski definition) is 4. The normalized spacial score (nSPS) is 13.3. The Balaban J connectivity index is 0.00000364. The molecule has 2 rings (SSSR count). The highest BCUT2D eigenvalue weighted by molar-refractivity contribution is 14.0. The van der Waals surface area contributed by atoms with Crippen LogP contribution in [-0.4, -0.2) is 41.8 Å². The van der Waals surface area contributed by atoms with Crippen LogP contribution in [0.3, 0.4) is 0 Å². The molecular weight excluding hydrogens is 455 g/mol. The molecule has 0 spiro atoms. The van der Waals surface area contributed by atoms with Gasteiger partial charge in [-0.15, -0.1) is 24.0 Å². The molecule has 0 aliphatic heterocycles. The average molecular weight is 484 g/mol. The lowest BCUT2D eigenvalue weighted by atomic mass is 10.1. The van der Waals surface area contributed by atoms with Gasteiger partial charge in [0.25, 0.3) is 0 Å². The number of rotatable bonds is 8. The van der Waals surface area contributed by atoms with Gasteiger partial charge in [0.2, 0.25) is 0 Å². The predicted molar refractivity (Wildman–Crippen MR) is 120 cm³/mol. The number of aliphatic hydroxyl groups is 1. The second kappa shape index (κ2) is 12.5. The Kier molecular flexibility index (Phi) is 10.7. The van der Waals surface area contributed by atoms with Crippen molar-refractivity contribution >= 4 is 29.9 Å². The summed E-state index contributed by atoms with van der Waals surface area (Å²) in [6, 6.07) is 11.6. The van der Waals surface area contributed by atoms with Crippen molar-refractivity contribution in [2.45, 2.75) is 33.0 Å². The highest BCUT2D eigenvalue weighted by Gasteiger charge is 2.09. The van der Waals surface area contributed by atoms with Gasteiger partial charge in [0.05, 0.1) is 19.2 Å². The van der Waals surface area contributed by atoms with Crippen LogP contribution in [0.2, 0.25) is 0 Å². The number of guanidine groups is 1. The number of aliphatic hydroxyl groups excluding tert-OH is 1. The van der Waals surface area contributed by atoms with Crippen LogP contribution in [-0.2, 0) is 0 Å². The third-order valence-electron chi connectivity index (χ3n) is 3.74. The molecule has 27 heavy (non-hydrogen) atoms. The topological polar surface area (TPSA) is 78.8 Å². The molecule has 3 N–H and O–H groups in total. The number of hydrogen-bond donors (Lipinski definition) is 3. The van der Waals surface area contributed by atoms with Crippen LogP contribution in [0.15, 0.2) is 53.8 Å². The van der Waals surface area contributed by atoms with E-state index in [9.17, 15) is 5.11 Å². The van der Waals surface area contributed by atoms with Gasteiger partial charge in [-0.25, -0.2) is 0 Å². The van der Waals surface area contributed by atoms with Gasteiger partial charge >= 0.3 is 0 Å². The molecule has 6 nitrogen and oxygen atoms in total. The van der Waals surface area contributed by atoms with Crippen LogP contribution >= 0.6 is 24.0 Å². The molecule has 0 saturated carbocycles. The van der Waals surface area contributed by atoms with Crippen LogP contribution in [0, 0.1) is 6.92 Å². The van der Waals surface area contributed by atoms with Gasteiger partial charge in [-0.2, -0.15) is 0 Å². The fourth-order valence-corrected chi connectivity index (χ4v) is 2.41. The summed E-state index contributed by atoms with van der Waals surface area (Å²) in [5.41, 5.74) is 1.97. The number of aromatic nitrogens is 1. The molecule has 0 fully saturated rings. The van der Waals surface area contributed by atoms with E-state index in [1.807, 2.05) is 45.0 Å². The molecule has 0 radical (unpaired) electrons. The highest BCUT2D eigenvalue weighted by Crippen LogP contribution is 2.14. The molecule has 1 aromatic carbocycles. The second-order valence-corrected chi connectivity index (χ2v) is 6.14. The minimum Gasteiger partial charge on any atom is -0.489 e. The first-order valence-corrected chi connectivity index (χ1v) is 8.92. The van der Waals surface area contributed by atoms with Crippen LogP contribution in [0.1, 0.15) is 31.1 Å². The quantitative estimate of drug-likeness (QED) is 0.305. The predicted octanol–water partition coefficient (Wildman–Crippen LogP) is 3.06. The second-order valence-electron chi connectivity index (χ2n) is 6.14. The Hall–Kier alpha value is -1.87. The number of pyridine rings is 1. The van der Waals surface area contributed by atoms with E-state index in [2.05, 4.69) is 20.6 Å². The Bertz CT molecular complexity index is 697. The number of benzene rings is 1. The lowest BCUT2D eigenvalue weighted by molar-refractivity contribution is 0.187. The summed E-state index contributed by atoms with van der Waals surface area (Å²) < 4.78 is 5.92. The maximum Gasteiger partial charge on any atom is 0.191 e. The smallest absolute Gasteiger partial charge is 0.191 e. The summed E-state index contributed by atoms with van der Waals surface area (Å²) in [4.78, 5) is 8.41. The first-order chi connectivity index (χ1) is 12.6. The van der Waals surface area contributed by atoms with Crippen molar-refractivity contribution in [1.82, 2.24) is 15.6 Å². The average Bonchev–Trinajstić information content (AvgIpc) is 2.64. The van der Waals surface area contributed by atoms with E-state index in [1.54, 1.807) is 24.5 Å². The molecule has 0 aliphatic carbocycles. The summed E-state index contributed by atoms with van der Waals surface area (Å²) >= 11 is 0. The maximum atomic E-state index is 10.2. The van der Waals surface area contributed by atoms with Crippen molar-refractivity contribution in [3.8, 4) is 5.75 Å². The van der Waals surface area contributed by atoms with Crippen molar-refractivity contribution in [3.63, 3.8) is 0 Å². The molecule has 1 heterocycles. The van der Waals surface area contributed by atoms with E-state index < -0.39 is 6.10 Å². The maximum absolute atomic E-state index is 10.2. The number of ether oxygens (including phenoxy) is 1. The minimum absolute atomic E-state index is 0. The molecule has 7 heteroatoms. The molecule has 2 aromatic rings. The van der Waals surface area contributed by atoms with Crippen molar-refractivity contribution in [2.24, 2.45) is 4.99 Å². The van der Waals surface area contributed by atoms with Crippen LogP contribution < -0.4 is 15.4 Å². The molecular formula is C20H29IN4O2. The first-order valence-electron chi connectivity index (χ1n) is 8.92. The van der Waals surface area contributed by atoms with Crippen molar-refractivity contribution in [2.75, 3.05) is 19.6 Å². The Morgan fingerprint density at radius 1 is 1.22 bits per heavy atom. The number of nitrogens with zero attached hydrogens (tertiary/aromatic N) is 2. The largest absolute Gasteiger partial charge is 0.489 e. The molecule has 2 atom stereocenters. The van der Waals surface area contributed by atoms with Crippen LogP contribution in [0.25, 0.3) is 0 Å². The van der Waals surface area contributed by atoms with Gasteiger partial charge in [0.15, 0.2) is 5.96 Å². The number of halogens is 1.